The Bertz CT molecular complexity index is 2080. The number of carbonyl (C=O) groups is 2. The summed E-state index contributed by atoms with van der Waals surface area (Å²) in [6, 6.07) is 11.7. The third kappa shape index (κ3) is 6.92. The first-order chi connectivity index (χ1) is 24.5. The van der Waals surface area contributed by atoms with Gasteiger partial charge in [-0.05, 0) is 87.0 Å². The van der Waals surface area contributed by atoms with Crippen molar-refractivity contribution in [1.29, 1.82) is 0 Å². The normalized spacial score (nSPS) is 16.6. The number of thiophene rings is 1. The summed E-state index contributed by atoms with van der Waals surface area (Å²) >= 11 is 1.88. The molecule has 4 aromatic heterocycles. The summed E-state index contributed by atoms with van der Waals surface area (Å²) in [5.74, 6) is -0.726. The van der Waals surface area contributed by atoms with Crippen molar-refractivity contribution in [2.75, 3.05) is 26.2 Å². The third-order valence-corrected chi connectivity index (χ3v) is 13.0. The predicted octanol–water partition coefficient (Wildman–Crippen LogP) is 9.45. The number of aromatic carboxylic acids is 1. The van der Waals surface area contributed by atoms with Crippen molar-refractivity contribution in [3.05, 3.63) is 57.5 Å². The molecule has 1 aliphatic heterocycles. The number of benzene rings is 1. The molecule has 1 saturated carbocycles. The van der Waals surface area contributed by atoms with Gasteiger partial charge >= 0.3 is 12.1 Å². The minimum atomic E-state index is -4.52. The Hall–Kier alpha value is -3.81. The second kappa shape index (κ2) is 14.3. The van der Waals surface area contributed by atoms with Crippen molar-refractivity contribution in [1.82, 2.24) is 24.3 Å². The first kappa shape index (κ1) is 35.6. The van der Waals surface area contributed by atoms with Crippen molar-refractivity contribution in [3.8, 4) is 21.8 Å². The van der Waals surface area contributed by atoms with Gasteiger partial charge in [0.2, 0.25) is 5.91 Å². The van der Waals surface area contributed by atoms with Crippen molar-refractivity contribution in [2.24, 2.45) is 0 Å². The number of amides is 1. The molecule has 5 aromatic rings. The second-order valence-electron chi connectivity index (χ2n) is 13.7. The van der Waals surface area contributed by atoms with Crippen LogP contribution in [0, 0.1) is 6.92 Å². The van der Waals surface area contributed by atoms with Crippen LogP contribution in [-0.4, -0.2) is 73.5 Å². The minimum Gasteiger partial charge on any atom is -0.477 e. The number of aryl methyl sites for hydroxylation is 1. The van der Waals surface area contributed by atoms with Gasteiger partial charge in [0.1, 0.15) is 11.4 Å². The van der Waals surface area contributed by atoms with Crippen LogP contribution in [0.15, 0.2) is 36.4 Å². The molecule has 1 saturated heterocycles. The van der Waals surface area contributed by atoms with E-state index in [1.807, 2.05) is 33.7 Å². The Balaban J connectivity index is 1.30. The van der Waals surface area contributed by atoms with Crippen LogP contribution in [-0.2, 0) is 17.5 Å². The molecule has 1 aliphatic carbocycles. The summed E-state index contributed by atoms with van der Waals surface area (Å²) in [6.45, 7) is 9.36. The van der Waals surface area contributed by atoms with Gasteiger partial charge in [0, 0.05) is 24.5 Å². The van der Waals surface area contributed by atoms with Crippen LogP contribution in [0.2, 0.25) is 0 Å². The highest BCUT2D eigenvalue weighted by Crippen LogP contribution is 2.47. The SMILES string of the molecule is CCN(CC)C1CCN(C(=O)Cn2c(-c3ccc4nc(-c5sc(C(F)(F)F)nc5C)ccc4c3)c(C3CCCCC3)c3sc(C(=O)O)cc32)CC1. The number of carboxylic acids is 1. The van der Waals surface area contributed by atoms with Crippen LogP contribution in [0.25, 0.3) is 42.9 Å². The lowest BCUT2D eigenvalue weighted by Crippen LogP contribution is -2.47. The number of hydrogen-bond donors (Lipinski definition) is 1. The number of carboxylic acid groups (broad SMARTS) is 1. The fourth-order valence-corrected chi connectivity index (χ4v) is 10.1. The van der Waals surface area contributed by atoms with Crippen LogP contribution in [0.1, 0.15) is 90.6 Å². The van der Waals surface area contributed by atoms with Gasteiger partial charge in [-0.1, -0.05) is 45.2 Å². The smallest absolute Gasteiger partial charge is 0.443 e. The highest BCUT2D eigenvalue weighted by atomic mass is 32.1. The zero-order chi connectivity index (χ0) is 36.0. The zero-order valence-corrected chi connectivity index (χ0v) is 30.7. The largest absolute Gasteiger partial charge is 0.477 e. The average molecular weight is 738 g/mol. The zero-order valence-electron chi connectivity index (χ0n) is 29.1. The first-order valence-corrected chi connectivity index (χ1v) is 19.5. The summed E-state index contributed by atoms with van der Waals surface area (Å²) < 4.78 is 43.2. The number of halogens is 3. The molecule has 13 heteroatoms. The lowest BCUT2D eigenvalue weighted by molar-refractivity contribution is -0.137. The third-order valence-electron chi connectivity index (χ3n) is 10.7. The lowest BCUT2D eigenvalue weighted by Gasteiger charge is -2.37. The standard InChI is InChI=1S/C38H42F3N5O3S2/c1-4-44(5-2)26-15-17-45(18-16-26)31(47)21-46-29-20-30(36(48)49)50-35(29)32(23-9-7-6-8-10-23)33(46)25-12-13-27-24(19-25)11-14-28(43-27)34-22(3)42-37(51-34)38(39,40)41/h11-14,19-20,23,26H,4-10,15-18,21H2,1-3H3,(H,48,49). The molecule has 7 rings (SSSR count). The molecule has 1 aromatic carbocycles. The Morgan fingerprint density at radius 3 is 2.33 bits per heavy atom. The van der Waals surface area contributed by atoms with Gasteiger partial charge in [-0.15, -0.1) is 22.7 Å². The topological polar surface area (TPSA) is 91.6 Å². The Labute approximate surface area is 302 Å². The fourth-order valence-electron chi connectivity index (χ4n) is 8.11. The van der Waals surface area contributed by atoms with Crippen molar-refractivity contribution in [2.45, 2.75) is 90.4 Å². The molecule has 1 amide bonds. The minimum absolute atomic E-state index is 0.0228. The average Bonchev–Trinajstić information content (AvgIpc) is 3.82. The number of thiazole rings is 1. The number of alkyl halides is 3. The van der Waals surface area contributed by atoms with Crippen LogP contribution < -0.4 is 0 Å². The number of fused-ring (bicyclic) bond motifs is 2. The molecule has 2 aliphatic rings. The van der Waals surface area contributed by atoms with Crippen molar-refractivity contribution < 1.29 is 27.9 Å². The summed E-state index contributed by atoms with van der Waals surface area (Å²) in [7, 11) is 0. The summed E-state index contributed by atoms with van der Waals surface area (Å²) in [4.78, 5) is 39.9. The first-order valence-electron chi connectivity index (χ1n) is 17.8. The van der Waals surface area contributed by atoms with E-state index in [1.165, 1.54) is 11.3 Å². The van der Waals surface area contributed by atoms with E-state index in [2.05, 4.69) is 23.7 Å². The van der Waals surface area contributed by atoms with Gasteiger partial charge < -0.3 is 19.5 Å². The summed E-state index contributed by atoms with van der Waals surface area (Å²) in [6.07, 6.45) is 2.65. The molecule has 270 valence electrons. The lowest BCUT2D eigenvalue weighted by atomic mass is 9.83. The van der Waals surface area contributed by atoms with Gasteiger partial charge in [-0.3, -0.25) is 4.79 Å². The maximum absolute atomic E-state index is 14.1. The van der Waals surface area contributed by atoms with Crippen molar-refractivity contribution >= 4 is 55.7 Å². The highest BCUT2D eigenvalue weighted by molar-refractivity contribution is 7.21. The van der Waals surface area contributed by atoms with E-state index < -0.39 is 17.2 Å². The van der Waals surface area contributed by atoms with E-state index in [1.54, 1.807) is 19.1 Å². The van der Waals surface area contributed by atoms with Gasteiger partial charge in [0.05, 0.1) is 37.7 Å². The number of piperidine rings is 1. The van der Waals surface area contributed by atoms with Crippen molar-refractivity contribution in [3.63, 3.8) is 0 Å². The number of carbonyl (C=O) groups excluding carboxylic acids is 1. The molecule has 51 heavy (non-hydrogen) atoms. The molecular weight excluding hydrogens is 696 g/mol. The van der Waals surface area contributed by atoms with Gasteiger partial charge in [0.25, 0.3) is 0 Å². The van der Waals surface area contributed by atoms with Crippen LogP contribution >= 0.6 is 22.7 Å². The summed E-state index contributed by atoms with van der Waals surface area (Å²) in [5.41, 5.74) is 5.08. The molecule has 5 heterocycles. The highest BCUT2D eigenvalue weighted by Gasteiger charge is 2.36. The quantitative estimate of drug-likeness (QED) is 0.162. The molecule has 2 fully saturated rings. The molecule has 8 nitrogen and oxygen atoms in total. The molecule has 0 radical (unpaired) electrons. The molecule has 1 N–H and O–H groups in total. The molecule has 0 spiro atoms. The van der Waals surface area contributed by atoms with Gasteiger partial charge in [-0.25, -0.2) is 14.8 Å². The second-order valence-corrected chi connectivity index (χ2v) is 15.7. The van der Waals surface area contributed by atoms with E-state index >= 15 is 0 Å². The number of nitrogens with zero attached hydrogens (tertiary/aromatic N) is 5. The Morgan fingerprint density at radius 2 is 1.69 bits per heavy atom. The predicted molar refractivity (Wildman–Crippen MR) is 197 cm³/mol. The number of aromatic nitrogens is 3. The molecule has 0 atom stereocenters. The van der Waals surface area contributed by atoms with E-state index in [-0.39, 0.29) is 28.9 Å². The van der Waals surface area contributed by atoms with Gasteiger partial charge in [-0.2, -0.15) is 13.2 Å². The molecular formula is C38H42F3N5O3S2. The molecule has 0 bridgehead atoms. The van der Waals surface area contributed by atoms with E-state index in [9.17, 15) is 27.9 Å². The maximum Gasteiger partial charge on any atom is 0.443 e. The van der Waals surface area contributed by atoms with E-state index in [0.717, 1.165) is 90.5 Å². The van der Waals surface area contributed by atoms with Crippen LogP contribution in [0.5, 0.6) is 0 Å². The van der Waals surface area contributed by atoms with E-state index in [0.29, 0.717) is 46.6 Å². The van der Waals surface area contributed by atoms with Crippen LogP contribution in [0.4, 0.5) is 13.2 Å². The van der Waals surface area contributed by atoms with Gasteiger partial charge in [0.15, 0.2) is 5.01 Å². The fraction of sp³-hybridized carbons (Fsp3) is 0.474. The Morgan fingerprint density at radius 1 is 0.961 bits per heavy atom. The Kier molecular flexibility index (Phi) is 9.98. The number of pyridine rings is 1. The number of hydrogen-bond acceptors (Lipinski definition) is 7. The monoisotopic (exact) mass is 737 g/mol. The number of rotatable bonds is 9. The maximum atomic E-state index is 14.1. The summed E-state index contributed by atoms with van der Waals surface area (Å²) in [5, 5.41) is 9.94. The number of likely N-dealkylation sites (tertiary alicyclic amines) is 1. The van der Waals surface area contributed by atoms with E-state index in [4.69, 9.17) is 4.98 Å². The van der Waals surface area contributed by atoms with Crippen LogP contribution in [0.3, 0.4) is 0 Å². The molecule has 0 unspecified atom stereocenters.